The lowest BCUT2D eigenvalue weighted by Gasteiger charge is -2.03. The van der Waals surface area contributed by atoms with Crippen LogP contribution in [0.25, 0.3) is 10.9 Å². The predicted octanol–water partition coefficient (Wildman–Crippen LogP) is 2.41. The van der Waals surface area contributed by atoms with Crippen molar-refractivity contribution in [3.63, 3.8) is 0 Å². The summed E-state index contributed by atoms with van der Waals surface area (Å²) in [5.74, 6) is -0.909. The smallest absolute Gasteiger partial charge is 0.338 e. The minimum absolute atomic E-state index is 0.143. The van der Waals surface area contributed by atoms with Crippen LogP contribution in [0.2, 0.25) is 0 Å². The fourth-order valence-electron chi connectivity index (χ4n) is 2.41. The number of carboxylic acid groups (broad SMARTS) is 1. The van der Waals surface area contributed by atoms with E-state index in [4.69, 9.17) is 5.11 Å². The van der Waals surface area contributed by atoms with Gasteiger partial charge in [-0.15, -0.1) is 0 Å². The summed E-state index contributed by atoms with van der Waals surface area (Å²) in [5.41, 5.74) is 3.86. The third-order valence-electron chi connectivity index (χ3n) is 3.30. The Morgan fingerprint density at radius 3 is 2.67 bits per heavy atom. The maximum absolute atomic E-state index is 11.3. The molecule has 18 heavy (non-hydrogen) atoms. The molecule has 0 radical (unpaired) electrons. The van der Waals surface area contributed by atoms with Crippen molar-refractivity contribution in [2.24, 2.45) is 0 Å². The first kappa shape index (κ1) is 12.6. The normalized spacial score (nSPS) is 11.1. The number of hydrogen-bond acceptors (Lipinski definition) is 2. The molecule has 4 heteroatoms. The van der Waals surface area contributed by atoms with Gasteiger partial charge in [0.1, 0.15) is 0 Å². The van der Waals surface area contributed by atoms with Crippen LogP contribution < -0.4 is 0 Å². The number of hydrogen-bond donors (Lipinski definition) is 3. The Morgan fingerprint density at radius 1 is 1.33 bits per heavy atom. The van der Waals surface area contributed by atoms with E-state index in [1.54, 1.807) is 6.92 Å². The maximum atomic E-state index is 11.3. The Balaban J connectivity index is 2.66. The molecular formula is C14H17NO3. The summed E-state index contributed by atoms with van der Waals surface area (Å²) in [7, 11) is 0. The molecule has 0 aliphatic heterocycles. The molecular weight excluding hydrogens is 230 g/mol. The van der Waals surface area contributed by atoms with Gasteiger partial charge in [-0.25, -0.2) is 4.79 Å². The second kappa shape index (κ2) is 4.82. The molecule has 0 aliphatic carbocycles. The average molecular weight is 247 g/mol. The van der Waals surface area contributed by atoms with Crippen LogP contribution in [-0.2, 0) is 6.42 Å². The van der Waals surface area contributed by atoms with Crippen LogP contribution in [0.3, 0.4) is 0 Å². The van der Waals surface area contributed by atoms with Crippen molar-refractivity contribution in [2.75, 3.05) is 6.61 Å². The minimum Gasteiger partial charge on any atom is -0.478 e. The van der Waals surface area contributed by atoms with Crippen LogP contribution in [0.1, 0.15) is 33.6 Å². The number of carboxylic acids is 1. The van der Waals surface area contributed by atoms with Gasteiger partial charge in [-0.1, -0.05) is 12.1 Å². The summed E-state index contributed by atoms with van der Waals surface area (Å²) < 4.78 is 0. The largest absolute Gasteiger partial charge is 0.478 e. The second-order valence-electron chi connectivity index (χ2n) is 4.54. The topological polar surface area (TPSA) is 73.3 Å². The van der Waals surface area contributed by atoms with Gasteiger partial charge >= 0.3 is 5.97 Å². The molecule has 4 nitrogen and oxygen atoms in total. The first-order valence-corrected chi connectivity index (χ1v) is 6.01. The Bertz CT molecular complexity index is 599. The number of aromatic carboxylic acids is 1. The molecule has 0 atom stereocenters. The quantitative estimate of drug-likeness (QED) is 0.776. The van der Waals surface area contributed by atoms with Crippen molar-refractivity contribution in [3.05, 3.63) is 34.5 Å². The highest BCUT2D eigenvalue weighted by molar-refractivity contribution is 6.04. The van der Waals surface area contributed by atoms with E-state index >= 15 is 0 Å². The van der Waals surface area contributed by atoms with Crippen molar-refractivity contribution >= 4 is 16.9 Å². The highest BCUT2D eigenvalue weighted by atomic mass is 16.4. The van der Waals surface area contributed by atoms with Crippen molar-refractivity contribution in [3.8, 4) is 0 Å². The molecule has 1 aromatic heterocycles. The maximum Gasteiger partial charge on any atom is 0.338 e. The highest BCUT2D eigenvalue weighted by Gasteiger charge is 2.17. The van der Waals surface area contributed by atoms with Crippen molar-refractivity contribution < 1.29 is 15.0 Å². The number of carbonyl (C=O) groups is 1. The second-order valence-corrected chi connectivity index (χ2v) is 4.54. The SMILES string of the molecule is Cc1ccc2c(CCCO)c(C)[nH]c2c1C(=O)O. The lowest BCUT2D eigenvalue weighted by Crippen LogP contribution is -2.00. The molecule has 0 amide bonds. The Kier molecular flexibility index (Phi) is 3.39. The average Bonchev–Trinajstić information content (AvgIpc) is 2.61. The zero-order valence-electron chi connectivity index (χ0n) is 10.6. The predicted molar refractivity (Wildman–Crippen MR) is 70.1 cm³/mol. The number of H-pyrrole nitrogens is 1. The summed E-state index contributed by atoms with van der Waals surface area (Å²) in [6.07, 6.45) is 1.44. The Morgan fingerprint density at radius 2 is 2.06 bits per heavy atom. The van der Waals surface area contributed by atoms with Gasteiger partial charge in [0, 0.05) is 17.7 Å². The number of aryl methyl sites for hydroxylation is 3. The van der Waals surface area contributed by atoms with Crippen LogP contribution in [0.15, 0.2) is 12.1 Å². The van der Waals surface area contributed by atoms with Gasteiger partial charge in [0.15, 0.2) is 0 Å². The third-order valence-corrected chi connectivity index (χ3v) is 3.30. The minimum atomic E-state index is -0.909. The van der Waals surface area contributed by atoms with E-state index in [9.17, 15) is 9.90 Å². The summed E-state index contributed by atoms with van der Waals surface area (Å²) in [5, 5.41) is 19.1. The zero-order chi connectivity index (χ0) is 13.3. The molecule has 96 valence electrons. The van der Waals surface area contributed by atoms with Gasteiger partial charge in [0.25, 0.3) is 0 Å². The van der Waals surface area contributed by atoms with Crippen molar-refractivity contribution in [2.45, 2.75) is 26.7 Å². The standard InChI is InChI=1S/C14H17NO3/c1-8-5-6-11-10(4-3-7-16)9(2)15-13(11)12(8)14(17)18/h5-6,15-16H,3-4,7H2,1-2H3,(H,17,18). The molecule has 0 aliphatic rings. The van der Waals surface area contributed by atoms with Gasteiger partial charge < -0.3 is 15.2 Å². The number of aromatic nitrogens is 1. The molecule has 1 heterocycles. The van der Waals surface area contributed by atoms with Crippen LogP contribution in [0.5, 0.6) is 0 Å². The molecule has 3 N–H and O–H groups in total. The van der Waals surface area contributed by atoms with E-state index in [2.05, 4.69) is 4.98 Å². The number of aromatic amines is 1. The van der Waals surface area contributed by atoms with Crippen LogP contribution in [0, 0.1) is 13.8 Å². The monoisotopic (exact) mass is 247 g/mol. The van der Waals surface area contributed by atoms with Gasteiger partial charge in [0.05, 0.1) is 11.1 Å². The molecule has 0 saturated carbocycles. The van der Waals surface area contributed by atoms with E-state index in [0.717, 1.165) is 28.6 Å². The highest BCUT2D eigenvalue weighted by Crippen LogP contribution is 2.28. The van der Waals surface area contributed by atoms with E-state index < -0.39 is 5.97 Å². The third kappa shape index (κ3) is 1.99. The fourth-order valence-corrected chi connectivity index (χ4v) is 2.41. The lowest BCUT2D eigenvalue weighted by molar-refractivity contribution is 0.0698. The molecule has 2 rings (SSSR count). The number of fused-ring (bicyclic) bond motifs is 1. The summed E-state index contributed by atoms with van der Waals surface area (Å²) in [6, 6.07) is 3.79. The van der Waals surface area contributed by atoms with E-state index in [1.165, 1.54) is 0 Å². The van der Waals surface area contributed by atoms with E-state index in [0.29, 0.717) is 17.5 Å². The molecule has 0 bridgehead atoms. The summed E-state index contributed by atoms with van der Waals surface area (Å²) in [6.45, 7) is 3.88. The van der Waals surface area contributed by atoms with Gasteiger partial charge in [0.2, 0.25) is 0 Å². The van der Waals surface area contributed by atoms with Gasteiger partial charge in [-0.2, -0.15) is 0 Å². The van der Waals surface area contributed by atoms with Crippen LogP contribution in [0.4, 0.5) is 0 Å². The van der Waals surface area contributed by atoms with E-state index in [1.807, 2.05) is 19.1 Å². The molecule has 1 aromatic carbocycles. The Hall–Kier alpha value is -1.81. The lowest BCUT2D eigenvalue weighted by atomic mass is 10.0. The summed E-state index contributed by atoms with van der Waals surface area (Å²) >= 11 is 0. The van der Waals surface area contributed by atoms with Gasteiger partial charge in [-0.05, 0) is 37.8 Å². The van der Waals surface area contributed by atoms with Crippen molar-refractivity contribution in [1.29, 1.82) is 0 Å². The first-order chi connectivity index (χ1) is 8.56. The molecule has 2 aromatic rings. The number of rotatable bonds is 4. The van der Waals surface area contributed by atoms with Gasteiger partial charge in [-0.3, -0.25) is 0 Å². The Labute approximate surface area is 105 Å². The zero-order valence-corrected chi connectivity index (χ0v) is 10.6. The van der Waals surface area contributed by atoms with Crippen molar-refractivity contribution in [1.82, 2.24) is 4.98 Å². The molecule has 0 fully saturated rings. The molecule has 0 unspecified atom stereocenters. The summed E-state index contributed by atoms with van der Waals surface area (Å²) in [4.78, 5) is 14.5. The number of aliphatic hydroxyl groups is 1. The fraction of sp³-hybridized carbons (Fsp3) is 0.357. The van der Waals surface area contributed by atoms with E-state index in [-0.39, 0.29) is 6.61 Å². The molecule has 0 saturated heterocycles. The molecule has 0 spiro atoms. The number of aliphatic hydroxyl groups excluding tert-OH is 1. The number of nitrogens with one attached hydrogen (secondary N) is 1. The van der Waals surface area contributed by atoms with Crippen LogP contribution >= 0.6 is 0 Å². The first-order valence-electron chi connectivity index (χ1n) is 6.01. The number of benzene rings is 1. The van der Waals surface area contributed by atoms with Crippen LogP contribution in [-0.4, -0.2) is 27.8 Å².